The van der Waals surface area contributed by atoms with E-state index in [9.17, 15) is 9.18 Å². The summed E-state index contributed by atoms with van der Waals surface area (Å²) in [6.07, 6.45) is 0. The molecule has 0 amide bonds. The molecule has 4 N–H and O–H groups in total. The van der Waals surface area contributed by atoms with Crippen molar-refractivity contribution in [3.05, 3.63) is 27.5 Å². The van der Waals surface area contributed by atoms with E-state index in [1.54, 1.807) is 0 Å². The summed E-state index contributed by atoms with van der Waals surface area (Å²) in [5.74, 6) is -0.810. The zero-order chi connectivity index (χ0) is 14.9. The largest absolute Gasteiger partial charge is 0.396 e. The molecular formula is C13H16BrFN4O. The van der Waals surface area contributed by atoms with Gasteiger partial charge in [-0.05, 0) is 28.9 Å². The van der Waals surface area contributed by atoms with Gasteiger partial charge in [-0.25, -0.2) is 4.39 Å². The summed E-state index contributed by atoms with van der Waals surface area (Å²) < 4.78 is 14.1. The van der Waals surface area contributed by atoms with E-state index in [2.05, 4.69) is 21.2 Å². The molecule has 1 aromatic rings. The van der Waals surface area contributed by atoms with Crippen molar-refractivity contribution in [2.24, 2.45) is 0 Å². The van der Waals surface area contributed by atoms with Crippen LogP contribution in [0, 0.1) is 11.2 Å². The lowest BCUT2D eigenvalue weighted by atomic mass is 10.0. The predicted molar refractivity (Wildman–Crippen MR) is 79.8 cm³/mol. The van der Waals surface area contributed by atoms with Gasteiger partial charge >= 0.3 is 0 Å². The second-order valence-corrected chi connectivity index (χ2v) is 5.45. The molecule has 5 nitrogen and oxygen atoms in total. The van der Waals surface area contributed by atoms with Crippen LogP contribution in [0.1, 0.15) is 22.8 Å². The van der Waals surface area contributed by atoms with Gasteiger partial charge < -0.3 is 16.0 Å². The number of rotatable bonds is 2. The molecule has 1 saturated heterocycles. The van der Waals surface area contributed by atoms with E-state index in [0.29, 0.717) is 13.1 Å². The fourth-order valence-corrected chi connectivity index (χ4v) is 2.76. The number of Topliss-reactive ketones (excluding diaryl/α,β-unsaturated/α-hetero) is 1. The van der Waals surface area contributed by atoms with Crippen LogP contribution in [-0.4, -0.2) is 42.7 Å². The van der Waals surface area contributed by atoms with Gasteiger partial charge in [-0.1, -0.05) is 0 Å². The maximum Gasteiger partial charge on any atom is 0.161 e. The number of nitrogens with one attached hydrogen (secondary N) is 2. The first-order valence-electron chi connectivity index (χ1n) is 6.26. The highest BCUT2D eigenvalue weighted by molar-refractivity contribution is 9.10. The van der Waals surface area contributed by atoms with Gasteiger partial charge in [-0.2, -0.15) is 0 Å². The monoisotopic (exact) mass is 342 g/mol. The first kappa shape index (κ1) is 14.9. The molecule has 1 aliphatic rings. The highest BCUT2D eigenvalue weighted by Crippen LogP contribution is 2.30. The number of carbonyl (C=O) groups excluding carboxylic acids is 1. The minimum absolute atomic E-state index is 0.0550. The van der Waals surface area contributed by atoms with Crippen LogP contribution in [0.2, 0.25) is 0 Å². The number of hydrogen-bond acceptors (Lipinski definition) is 4. The van der Waals surface area contributed by atoms with Gasteiger partial charge in [0.25, 0.3) is 0 Å². The van der Waals surface area contributed by atoms with Crippen LogP contribution in [0.3, 0.4) is 0 Å². The number of amidine groups is 1. The van der Waals surface area contributed by atoms with Gasteiger partial charge in [0, 0.05) is 37.3 Å². The van der Waals surface area contributed by atoms with Gasteiger partial charge in [-0.15, -0.1) is 0 Å². The van der Waals surface area contributed by atoms with Gasteiger partial charge in [0.05, 0.1) is 10.2 Å². The van der Waals surface area contributed by atoms with Gasteiger partial charge in [0.1, 0.15) is 5.84 Å². The summed E-state index contributed by atoms with van der Waals surface area (Å²) in [5, 5.41) is 11.4. The van der Waals surface area contributed by atoms with Crippen molar-refractivity contribution in [3.63, 3.8) is 0 Å². The Kier molecular flexibility index (Phi) is 4.39. The van der Waals surface area contributed by atoms with Crippen LogP contribution in [0.25, 0.3) is 0 Å². The van der Waals surface area contributed by atoms with Crippen LogP contribution in [-0.2, 0) is 0 Å². The van der Waals surface area contributed by atoms with Crippen LogP contribution in [0.5, 0.6) is 0 Å². The number of piperazine rings is 1. The number of anilines is 1. The van der Waals surface area contributed by atoms with Crippen molar-refractivity contribution >= 4 is 33.2 Å². The van der Waals surface area contributed by atoms with Gasteiger partial charge in [-0.3, -0.25) is 10.2 Å². The van der Waals surface area contributed by atoms with Crippen LogP contribution < -0.4 is 11.1 Å². The van der Waals surface area contributed by atoms with Crippen LogP contribution in [0.15, 0.2) is 10.5 Å². The van der Waals surface area contributed by atoms with Crippen molar-refractivity contribution in [3.8, 4) is 0 Å². The third kappa shape index (κ3) is 2.69. The quantitative estimate of drug-likeness (QED) is 0.330. The molecule has 108 valence electrons. The first-order valence-corrected chi connectivity index (χ1v) is 7.05. The molecule has 0 aliphatic carbocycles. The third-order valence-electron chi connectivity index (χ3n) is 3.31. The number of carbonyl (C=O) groups is 1. The number of ketones is 1. The molecule has 20 heavy (non-hydrogen) atoms. The molecule has 0 bridgehead atoms. The molecule has 1 heterocycles. The van der Waals surface area contributed by atoms with Crippen molar-refractivity contribution in [1.82, 2.24) is 10.2 Å². The Labute approximate surface area is 125 Å². The first-order chi connectivity index (χ1) is 9.43. The fraction of sp³-hybridized carbons (Fsp3) is 0.385. The Morgan fingerprint density at radius 2 is 2.05 bits per heavy atom. The second kappa shape index (κ2) is 5.88. The minimum Gasteiger partial charge on any atom is -0.396 e. The molecule has 0 saturated carbocycles. The van der Waals surface area contributed by atoms with E-state index in [1.165, 1.54) is 13.0 Å². The lowest BCUT2D eigenvalue weighted by Crippen LogP contribution is -2.46. The molecule has 0 aromatic heterocycles. The van der Waals surface area contributed by atoms with E-state index >= 15 is 0 Å². The molecule has 1 fully saturated rings. The minimum atomic E-state index is -0.687. The molecule has 2 rings (SSSR count). The molecule has 7 heteroatoms. The molecular weight excluding hydrogens is 327 g/mol. The van der Waals surface area contributed by atoms with Gasteiger partial charge in [0.2, 0.25) is 0 Å². The predicted octanol–water partition coefficient (Wildman–Crippen LogP) is 1.60. The van der Waals surface area contributed by atoms with Crippen molar-refractivity contribution in [2.45, 2.75) is 6.92 Å². The molecule has 0 atom stereocenters. The van der Waals surface area contributed by atoms with E-state index in [-0.39, 0.29) is 32.9 Å². The zero-order valence-corrected chi connectivity index (χ0v) is 12.7. The molecule has 0 unspecified atom stereocenters. The Morgan fingerprint density at radius 3 is 2.60 bits per heavy atom. The van der Waals surface area contributed by atoms with E-state index in [1.807, 2.05) is 4.90 Å². The third-order valence-corrected chi connectivity index (χ3v) is 4.09. The average Bonchev–Trinajstić information content (AvgIpc) is 2.45. The summed E-state index contributed by atoms with van der Waals surface area (Å²) in [4.78, 5) is 13.4. The number of halogens is 2. The van der Waals surface area contributed by atoms with Crippen molar-refractivity contribution < 1.29 is 9.18 Å². The van der Waals surface area contributed by atoms with E-state index < -0.39 is 5.82 Å². The molecule has 1 aromatic carbocycles. The van der Waals surface area contributed by atoms with Crippen molar-refractivity contribution in [1.29, 1.82) is 5.41 Å². The highest BCUT2D eigenvalue weighted by atomic mass is 79.9. The summed E-state index contributed by atoms with van der Waals surface area (Å²) in [7, 11) is 0. The number of benzene rings is 1. The number of nitrogens with zero attached hydrogens (tertiary/aromatic N) is 1. The lowest BCUT2D eigenvalue weighted by molar-refractivity contribution is 0.101. The number of hydrogen-bond donors (Lipinski definition) is 3. The standard InChI is InChI=1S/C13H16BrFN4O/c1-7(20)8-6-9(12(16)11(15)10(8)14)13(17)19-4-2-18-3-5-19/h6,17-18H,2-5,16H2,1H3. The Hall–Kier alpha value is -1.47. The SMILES string of the molecule is CC(=O)c1cc(C(=N)N2CCNCC2)c(N)c(F)c1Br. The Balaban J connectivity index is 2.45. The highest BCUT2D eigenvalue weighted by Gasteiger charge is 2.22. The maximum absolute atomic E-state index is 14.1. The van der Waals surface area contributed by atoms with Crippen molar-refractivity contribution in [2.75, 3.05) is 31.9 Å². The summed E-state index contributed by atoms with van der Waals surface area (Å²) >= 11 is 3.04. The Morgan fingerprint density at radius 1 is 1.45 bits per heavy atom. The number of nitrogens with two attached hydrogens (primary N) is 1. The summed E-state index contributed by atoms with van der Waals surface area (Å²) in [5.41, 5.74) is 6.12. The summed E-state index contributed by atoms with van der Waals surface area (Å²) in [6.45, 7) is 4.20. The van der Waals surface area contributed by atoms with Crippen LogP contribution >= 0.6 is 15.9 Å². The summed E-state index contributed by atoms with van der Waals surface area (Å²) in [6, 6.07) is 1.48. The average molecular weight is 343 g/mol. The second-order valence-electron chi connectivity index (χ2n) is 4.66. The van der Waals surface area contributed by atoms with E-state index in [0.717, 1.165) is 13.1 Å². The zero-order valence-electron chi connectivity index (χ0n) is 11.1. The molecule has 0 spiro atoms. The molecule has 1 aliphatic heterocycles. The fourth-order valence-electron chi connectivity index (χ4n) is 2.15. The number of nitrogen functional groups attached to an aromatic ring is 1. The lowest BCUT2D eigenvalue weighted by Gasteiger charge is -2.30. The van der Waals surface area contributed by atoms with Crippen LogP contribution in [0.4, 0.5) is 10.1 Å². The smallest absolute Gasteiger partial charge is 0.161 e. The topological polar surface area (TPSA) is 82.2 Å². The normalized spacial score (nSPS) is 15.2. The molecule has 0 radical (unpaired) electrons. The van der Waals surface area contributed by atoms with Gasteiger partial charge in [0.15, 0.2) is 11.6 Å². The van der Waals surface area contributed by atoms with E-state index in [4.69, 9.17) is 11.1 Å². The maximum atomic E-state index is 14.1. The Bertz CT molecular complexity index is 570.